The van der Waals surface area contributed by atoms with Crippen LogP contribution in [0.5, 0.6) is 11.5 Å². The van der Waals surface area contributed by atoms with Crippen LogP contribution in [0.4, 0.5) is 0 Å². The second-order valence-corrected chi connectivity index (χ2v) is 7.02. The topological polar surface area (TPSA) is 105 Å². The molecule has 9 heteroatoms. The molecule has 2 aromatic carbocycles. The number of benzene rings is 2. The van der Waals surface area contributed by atoms with Gasteiger partial charge in [-0.2, -0.15) is 4.68 Å². The molecule has 1 aromatic heterocycles. The molecule has 0 bridgehead atoms. The van der Waals surface area contributed by atoms with Crippen molar-refractivity contribution in [1.82, 2.24) is 20.2 Å². The predicted octanol–water partition coefficient (Wildman–Crippen LogP) is 1.22. The highest BCUT2D eigenvalue weighted by Crippen LogP contribution is 2.35. The third kappa shape index (κ3) is 3.84. The van der Waals surface area contributed by atoms with E-state index >= 15 is 0 Å². The van der Waals surface area contributed by atoms with Crippen LogP contribution < -0.4 is 14.8 Å². The van der Waals surface area contributed by atoms with Crippen LogP contribution in [-0.2, 0) is 9.53 Å². The Bertz CT molecular complexity index is 1050. The maximum atomic E-state index is 12.0. The van der Waals surface area contributed by atoms with Gasteiger partial charge in [0.1, 0.15) is 0 Å². The minimum absolute atomic E-state index is 0.132. The molecule has 0 aliphatic carbocycles. The van der Waals surface area contributed by atoms with Gasteiger partial charge >= 0.3 is 5.97 Å². The molecular formula is C21H24N5O4+. The van der Waals surface area contributed by atoms with Crippen molar-refractivity contribution in [3.05, 3.63) is 58.9 Å². The van der Waals surface area contributed by atoms with E-state index in [2.05, 4.69) is 15.5 Å². The molecule has 2 N–H and O–H groups in total. The molecule has 9 nitrogen and oxygen atoms in total. The number of hydrogen-bond donors (Lipinski definition) is 1. The molecule has 1 atom stereocenters. The van der Waals surface area contributed by atoms with Gasteiger partial charge in [0, 0.05) is 5.56 Å². The Hall–Kier alpha value is -3.46. The van der Waals surface area contributed by atoms with E-state index < -0.39 is 0 Å². The highest BCUT2D eigenvalue weighted by atomic mass is 16.7. The molecule has 30 heavy (non-hydrogen) atoms. The Labute approximate surface area is 173 Å². The number of quaternary nitrogens is 1. The van der Waals surface area contributed by atoms with E-state index in [0.29, 0.717) is 23.9 Å². The molecule has 1 aliphatic heterocycles. The van der Waals surface area contributed by atoms with Crippen LogP contribution in [0, 0.1) is 13.8 Å². The molecule has 3 aromatic rings. The van der Waals surface area contributed by atoms with Crippen LogP contribution in [0.3, 0.4) is 0 Å². The number of aromatic nitrogens is 4. The maximum Gasteiger partial charge on any atom is 0.361 e. The Kier molecular flexibility index (Phi) is 5.62. The highest BCUT2D eigenvalue weighted by molar-refractivity contribution is 5.70. The van der Waals surface area contributed by atoms with Gasteiger partial charge in [0.05, 0.1) is 12.3 Å². The molecule has 2 heterocycles. The summed E-state index contributed by atoms with van der Waals surface area (Å²) in [6, 6.07) is 11.4. The second kappa shape index (κ2) is 8.50. The fourth-order valence-corrected chi connectivity index (χ4v) is 3.62. The minimum atomic E-state index is -0.349. The van der Waals surface area contributed by atoms with Gasteiger partial charge in [-0.3, -0.25) is 0 Å². The van der Waals surface area contributed by atoms with Crippen molar-refractivity contribution in [2.45, 2.75) is 26.8 Å². The fraction of sp³-hybridized carbons (Fsp3) is 0.333. The number of fused-ring (bicyclic) bond motifs is 1. The third-order valence-electron chi connectivity index (χ3n) is 5.00. The van der Waals surface area contributed by atoms with Crippen LogP contribution in [0.2, 0.25) is 0 Å². The molecule has 0 saturated heterocycles. The monoisotopic (exact) mass is 410 g/mol. The van der Waals surface area contributed by atoms with Crippen molar-refractivity contribution in [3.63, 3.8) is 0 Å². The summed E-state index contributed by atoms with van der Waals surface area (Å²) in [5.74, 6) is 1.66. The number of tetrazole rings is 1. The fourth-order valence-electron chi connectivity index (χ4n) is 3.62. The van der Waals surface area contributed by atoms with Crippen molar-refractivity contribution in [1.29, 1.82) is 0 Å². The average molecular weight is 410 g/mol. The molecule has 0 amide bonds. The summed E-state index contributed by atoms with van der Waals surface area (Å²) in [6.07, 6.45) is 0. The quantitative estimate of drug-likeness (QED) is 0.584. The zero-order chi connectivity index (χ0) is 21.1. The van der Waals surface area contributed by atoms with Gasteiger partial charge in [-0.25, -0.2) is 4.79 Å². The normalized spacial score (nSPS) is 13.3. The lowest BCUT2D eigenvalue weighted by Crippen LogP contribution is -2.87. The highest BCUT2D eigenvalue weighted by Gasteiger charge is 2.29. The number of esters is 1. The van der Waals surface area contributed by atoms with Crippen molar-refractivity contribution in [3.8, 4) is 17.2 Å². The number of nitrogens with zero attached hydrogens (tertiary/aromatic N) is 4. The Morgan fingerprint density at radius 2 is 1.97 bits per heavy atom. The van der Waals surface area contributed by atoms with Crippen LogP contribution in [0.25, 0.3) is 5.69 Å². The lowest BCUT2D eigenvalue weighted by Gasteiger charge is -2.17. The summed E-state index contributed by atoms with van der Waals surface area (Å²) in [4.78, 5) is 12.0. The number of nitrogens with two attached hydrogens (primary N) is 1. The van der Waals surface area contributed by atoms with Crippen LogP contribution >= 0.6 is 0 Å². The Balaban J connectivity index is 1.76. The minimum Gasteiger partial charge on any atom is -0.462 e. The first-order chi connectivity index (χ1) is 14.6. The van der Waals surface area contributed by atoms with Crippen molar-refractivity contribution in [2.75, 3.05) is 19.9 Å². The zero-order valence-corrected chi connectivity index (χ0v) is 17.2. The lowest BCUT2D eigenvalue weighted by atomic mass is 10.0. The van der Waals surface area contributed by atoms with E-state index in [-0.39, 0.29) is 25.3 Å². The summed E-state index contributed by atoms with van der Waals surface area (Å²) < 4.78 is 17.8. The zero-order valence-electron chi connectivity index (χ0n) is 17.2. The van der Waals surface area contributed by atoms with E-state index in [1.54, 1.807) is 11.6 Å². The number of aryl methyl sites for hydroxylation is 2. The molecule has 0 saturated carbocycles. The maximum absolute atomic E-state index is 12.0. The Morgan fingerprint density at radius 3 is 2.73 bits per heavy atom. The smallest absolute Gasteiger partial charge is 0.361 e. The molecule has 0 spiro atoms. The number of rotatable bonds is 7. The molecule has 1 aliphatic rings. The van der Waals surface area contributed by atoms with Gasteiger partial charge < -0.3 is 19.5 Å². The predicted molar refractivity (Wildman–Crippen MR) is 106 cm³/mol. The summed E-state index contributed by atoms with van der Waals surface area (Å²) >= 11 is 0. The molecule has 0 radical (unpaired) electrons. The summed E-state index contributed by atoms with van der Waals surface area (Å²) in [6.45, 7) is 6.48. The van der Waals surface area contributed by atoms with E-state index in [4.69, 9.17) is 14.2 Å². The first-order valence-electron chi connectivity index (χ1n) is 9.81. The summed E-state index contributed by atoms with van der Waals surface area (Å²) in [5, 5.41) is 14.4. The average Bonchev–Trinajstić information content (AvgIpc) is 3.38. The second-order valence-electron chi connectivity index (χ2n) is 7.02. The summed E-state index contributed by atoms with van der Waals surface area (Å²) in [5.41, 5.74) is 3.93. The van der Waals surface area contributed by atoms with Gasteiger partial charge in [0.25, 0.3) is 0 Å². The van der Waals surface area contributed by atoms with E-state index in [0.717, 1.165) is 22.4 Å². The van der Waals surface area contributed by atoms with Gasteiger partial charge in [0.15, 0.2) is 24.1 Å². The van der Waals surface area contributed by atoms with Crippen LogP contribution in [0.15, 0.2) is 36.4 Å². The summed E-state index contributed by atoms with van der Waals surface area (Å²) in [7, 11) is 0. The largest absolute Gasteiger partial charge is 0.462 e. The van der Waals surface area contributed by atoms with Crippen LogP contribution in [0.1, 0.15) is 35.5 Å². The van der Waals surface area contributed by atoms with Gasteiger partial charge in [-0.1, -0.05) is 18.2 Å². The van der Waals surface area contributed by atoms with E-state index in [1.807, 2.05) is 55.6 Å². The van der Waals surface area contributed by atoms with Crippen molar-refractivity contribution < 1.29 is 24.3 Å². The standard InChI is InChI=1S/C21H23N5O4/c1-4-28-18(27)11-22-19(15-8-9-16-17(10-15)30-12-29-16)21-23-24-25-26(21)20-13(2)6-5-7-14(20)3/h5-10,19,22H,4,11-12H2,1-3H3/p+1/t19-/m0/s1. The van der Waals surface area contributed by atoms with Gasteiger partial charge in [-0.15, -0.1) is 5.10 Å². The van der Waals surface area contributed by atoms with Gasteiger partial charge in [-0.05, 0) is 60.5 Å². The van der Waals surface area contributed by atoms with Crippen molar-refractivity contribution >= 4 is 5.97 Å². The van der Waals surface area contributed by atoms with E-state index in [9.17, 15) is 4.79 Å². The molecule has 156 valence electrons. The molecule has 0 unspecified atom stereocenters. The first kappa shape index (κ1) is 19.8. The lowest BCUT2D eigenvalue weighted by molar-refractivity contribution is -0.679. The number of hydrogen-bond acceptors (Lipinski definition) is 7. The number of carbonyl (C=O) groups excluding carboxylic acids is 1. The van der Waals surface area contributed by atoms with Crippen molar-refractivity contribution in [2.24, 2.45) is 0 Å². The van der Waals surface area contributed by atoms with E-state index in [1.165, 1.54) is 0 Å². The molecular weight excluding hydrogens is 386 g/mol. The number of carbonyl (C=O) groups is 1. The molecule has 4 rings (SSSR count). The number of ether oxygens (including phenoxy) is 3. The SMILES string of the molecule is CCOC(=O)C[NH2+][C@@H](c1ccc2c(c1)OCO2)c1nnnn1-c1c(C)cccc1C. The number of para-hydroxylation sites is 1. The van der Waals surface area contributed by atoms with Gasteiger partial charge in [0.2, 0.25) is 12.6 Å². The van der Waals surface area contributed by atoms with Crippen LogP contribution in [-0.4, -0.2) is 46.1 Å². The third-order valence-corrected chi connectivity index (χ3v) is 5.00. The molecule has 0 fully saturated rings. The Morgan fingerprint density at radius 1 is 1.20 bits per heavy atom. The first-order valence-corrected chi connectivity index (χ1v) is 9.81.